The molecule has 4 aliphatic heterocycles. The molecule has 2 bridgehead atoms. The summed E-state index contributed by atoms with van der Waals surface area (Å²) in [7, 11) is 3.59. The molecule has 0 aromatic heterocycles. The molecule has 1 N–H and O–H groups in total. The second-order valence-corrected chi connectivity index (χ2v) is 17.6. The molecule has 6 aliphatic rings. The zero-order valence-electron chi connectivity index (χ0n) is 33.7. The van der Waals surface area contributed by atoms with Crippen LogP contribution < -0.4 is 4.74 Å². The molecule has 58 heavy (non-hydrogen) atoms. The summed E-state index contributed by atoms with van der Waals surface area (Å²) in [6.07, 6.45) is 0.559. The van der Waals surface area contributed by atoms with Crippen LogP contribution in [0.15, 0.2) is 77.3 Å². The molecule has 3 aromatic rings. The average Bonchev–Trinajstić information content (AvgIpc) is 3.83. The van der Waals surface area contributed by atoms with Gasteiger partial charge < -0.3 is 28.8 Å². The highest BCUT2D eigenvalue weighted by Crippen LogP contribution is 2.56. The number of Topliss-reactive ketones (excluding diaryl/α,β-unsaturated/α-hetero) is 1. The number of carbonyl (C=O) groups excluding carboxylic acids is 2. The third-order valence-electron chi connectivity index (χ3n) is 13.4. The molecular weight excluding hydrogens is 755 g/mol. The van der Waals surface area contributed by atoms with Gasteiger partial charge in [-0.2, -0.15) is 17.0 Å². The van der Waals surface area contributed by atoms with E-state index in [1.165, 1.54) is 22.3 Å². The number of hydrogen-bond donors (Lipinski definition) is 1. The van der Waals surface area contributed by atoms with Crippen molar-refractivity contribution in [1.29, 1.82) is 5.26 Å². The van der Waals surface area contributed by atoms with Crippen LogP contribution >= 0.6 is 11.8 Å². The third kappa shape index (κ3) is 5.84. The van der Waals surface area contributed by atoms with Crippen LogP contribution in [0, 0.1) is 31.1 Å². The number of hydrogen-bond acceptors (Lipinski definition) is 12. The van der Waals surface area contributed by atoms with Crippen molar-refractivity contribution in [2.24, 2.45) is 5.92 Å². The Kier molecular flexibility index (Phi) is 9.96. The lowest BCUT2D eigenvalue weighted by Gasteiger charge is -2.62. The summed E-state index contributed by atoms with van der Waals surface area (Å²) < 4.78 is 29.8. The Morgan fingerprint density at radius 3 is 2.45 bits per heavy atom. The van der Waals surface area contributed by atoms with E-state index in [4.69, 9.17) is 23.7 Å². The summed E-state index contributed by atoms with van der Waals surface area (Å²) in [5, 5.41) is 23.9. The van der Waals surface area contributed by atoms with Gasteiger partial charge >= 0.3 is 5.97 Å². The van der Waals surface area contributed by atoms with Crippen molar-refractivity contribution >= 4 is 23.5 Å². The lowest BCUT2D eigenvalue weighted by atomic mass is 9.64. The lowest BCUT2D eigenvalue weighted by Crippen LogP contribution is -2.74. The van der Waals surface area contributed by atoms with E-state index in [0.29, 0.717) is 23.5 Å². The first-order valence-electron chi connectivity index (χ1n) is 20.0. The molecule has 12 heteroatoms. The summed E-state index contributed by atoms with van der Waals surface area (Å²) in [4.78, 5) is 32.7. The Morgan fingerprint density at radius 2 is 1.76 bits per heavy atom. The van der Waals surface area contributed by atoms with Gasteiger partial charge in [0.15, 0.2) is 29.7 Å². The molecule has 4 heterocycles. The van der Waals surface area contributed by atoms with Crippen molar-refractivity contribution in [1.82, 2.24) is 9.80 Å². The number of nitrogens with zero attached hydrogens (tertiary/aromatic N) is 3. The first-order chi connectivity index (χ1) is 28.0. The largest absolute Gasteiger partial charge is 0.467 e. The molecule has 302 valence electrons. The molecule has 3 saturated heterocycles. The number of piperidine rings is 1. The topological polar surface area (TPSA) is 131 Å². The summed E-state index contributed by atoms with van der Waals surface area (Å²) in [5.74, 6) is 1.57. The van der Waals surface area contributed by atoms with Crippen LogP contribution in [-0.2, 0) is 35.0 Å². The SMILES string of the molecule is COCOc1c(C)c(C)cc2c1[C@@H]1C3CC4(O)C(=O)C(C)=C5OCOC5=C4[C@H](COC(=O)[C@H](C)CSCC4c5ccccc5-c5ccccc54)N3[C@@H](C#N)[C@H](C2)N1C. The number of thioether (sulfide) groups is 1. The van der Waals surface area contributed by atoms with E-state index in [1.807, 2.05) is 27.8 Å². The first kappa shape index (κ1) is 38.9. The van der Waals surface area contributed by atoms with Crippen molar-refractivity contribution in [2.75, 3.05) is 45.9 Å². The smallest absolute Gasteiger partial charge is 0.309 e. The molecule has 2 aliphatic carbocycles. The van der Waals surface area contributed by atoms with Gasteiger partial charge in [0.25, 0.3) is 0 Å². The number of piperazine rings is 1. The molecule has 0 radical (unpaired) electrons. The minimum absolute atomic E-state index is 0.0143. The first-order valence-corrected chi connectivity index (χ1v) is 21.2. The number of esters is 1. The maximum absolute atomic E-state index is 14.4. The number of ketones is 1. The quantitative estimate of drug-likeness (QED) is 0.188. The molecule has 3 aromatic carbocycles. The number of methoxy groups -OCH3 is 1. The minimum Gasteiger partial charge on any atom is -0.467 e. The van der Waals surface area contributed by atoms with Crippen LogP contribution in [-0.4, -0.2) is 102 Å². The number of nitriles is 1. The van der Waals surface area contributed by atoms with Gasteiger partial charge in [-0.25, -0.2) is 0 Å². The van der Waals surface area contributed by atoms with Crippen molar-refractivity contribution in [2.45, 2.75) is 82.3 Å². The Hall–Kier alpha value is -4.64. The van der Waals surface area contributed by atoms with Gasteiger partial charge in [-0.1, -0.05) is 61.5 Å². The van der Waals surface area contributed by atoms with E-state index < -0.39 is 35.4 Å². The molecule has 2 unspecified atom stereocenters. The Bertz CT molecular complexity index is 2270. The number of rotatable bonds is 10. The zero-order valence-corrected chi connectivity index (χ0v) is 34.6. The second-order valence-electron chi connectivity index (χ2n) is 16.5. The Morgan fingerprint density at radius 1 is 1.07 bits per heavy atom. The Balaban J connectivity index is 1.03. The number of likely N-dealkylation sites (N-methyl/N-ethyl adjacent to an activating group) is 1. The van der Waals surface area contributed by atoms with Crippen LogP contribution in [0.4, 0.5) is 0 Å². The van der Waals surface area contributed by atoms with Crippen LogP contribution in [0.1, 0.15) is 65.6 Å². The average molecular weight is 804 g/mol. The summed E-state index contributed by atoms with van der Waals surface area (Å²) in [6.45, 7) is 7.33. The minimum atomic E-state index is -2.00. The second kappa shape index (κ2) is 14.9. The standard InChI is InChI=1S/C46H49N3O8S/c1-24-15-28-16-34-36(18-47)49-35(40(48(34)5)38(28)41(26(24)3)55-22-53-6)17-46(52)39(43-42(56-23-57-43)27(4)44(46)50)37(49)19-54-45(51)25(2)20-58-21-33-31-13-9-7-11-29(31)30-12-8-10-14-32(30)33/h7-15,25,33-37,40,52H,16-17,19-23H2,1-6H3/t25-,34+,35?,36+,37+,40+,46?/m1/s1. The maximum atomic E-state index is 14.4. The summed E-state index contributed by atoms with van der Waals surface area (Å²) >= 11 is 1.73. The van der Waals surface area contributed by atoms with Crippen molar-refractivity contribution in [3.63, 3.8) is 0 Å². The predicted molar refractivity (Wildman–Crippen MR) is 218 cm³/mol. The molecular formula is C46H49N3O8S. The van der Waals surface area contributed by atoms with E-state index >= 15 is 0 Å². The number of carbonyl (C=O) groups is 2. The van der Waals surface area contributed by atoms with Crippen molar-refractivity contribution < 1.29 is 38.4 Å². The lowest BCUT2D eigenvalue weighted by molar-refractivity contribution is -0.160. The molecule has 0 saturated carbocycles. The van der Waals surface area contributed by atoms with Gasteiger partial charge in [-0.15, -0.1) is 0 Å². The van der Waals surface area contributed by atoms with Gasteiger partial charge in [-0.3, -0.25) is 19.4 Å². The van der Waals surface area contributed by atoms with Gasteiger partial charge in [0.05, 0.1) is 24.1 Å². The van der Waals surface area contributed by atoms with E-state index in [1.54, 1.807) is 25.8 Å². The highest BCUT2D eigenvalue weighted by atomic mass is 32.2. The molecule has 0 amide bonds. The summed E-state index contributed by atoms with van der Waals surface area (Å²) in [6, 6.07) is 19.1. The maximum Gasteiger partial charge on any atom is 0.309 e. The molecule has 7 atom stereocenters. The number of benzene rings is 3. The predicted octanol–water partition coefficient (Wildman–Crippen LogP) is 6.10. The van der Waals surface area contributed by atoms with Gasteiger partial charge in [0.1, 0.15) is 18.4 Å². The van der Waals surface area contributed by atoms with Crippen molar-refractivity contribution in [3.05, 3.63) is 111 Å². The third-order valence-corrected chi connectivity index (χ3v) is 14.7. The fraction of sp³-hybridized carbons (Fsp3) is 0.457. The highest BCUT2D eigenvalue weighted by Gasteiger charge is 2.64. The van der Waals surface area contributed by atoms with Crippen LogP contribution in [0.25, 0.3) is 11.1 Å². The van der Waals surface area contributed by atoms with E-state index in [9.17, 15) is 20.0 Å². The fourth-order valence-corrected chi connectivity index (χ4v) is 11.8. The van der Waals surface area contributed by atoms with Crippen LogP contribution in [0.5, 0.6) is 5.75 Å². The zero-order chi connectivity index (χ0) is 40.6. The van der Waals surface area contributed by atoms with E-state index in [-0.39, 0.29) is 67.7 Å². The van der Waals surface area contributed by atoms with Crippen LogP contribution in [0.2, 0.25) is 0 Å². The monoisotopic (exact) mass is 803 g/mol. The van der Waals surface area contributed by atoms with Gasteiger partial charge in [0.2, 0.25) is 6.79 Å². The molecule has 0 spiro atoms. The number of aliphatic hydroxyl groups is 1. The molecule has 9 rings (SSSR count). The summed E-state index contributed by atoms with van der Waals surface area (Å²) in [5.41, 5.74) is 7.77. The number of ether oxygens (including phenoxy) is 5. The normalized spacial score (nSPS) is 27.6. The molecule has 11 nitrogen and oxygen atoms in total. The number of fused-ring (bicyclic) bond motifs is 11. The van der Waals surface area contributed by atoms with Crippen LogP contribution in [0.3, 0.4) is 0 Å². The molecule has 3 fully saturated rings. The van der Waals surface area contributed by atoms with Gasteiger partial charge in [0, 0.05) is 59.7 Å². The van der Waals surface area contributed by atoms with E-state index in [0.717, 1.165) is 28.0 Å². The Labute approximate surface area is 343 Å². The number of aryl methyl sites for hydroxylation is 1. The highest BCUT2D eigenvalue weighted by molar-refractivity contribution is 7.99. The van der Waals surface area contributed by atoms with E-state index in [2.05, 4.69) is 70.5 Å². The fourth-order valence-electron chi connectivity index (χ4n) is 10.6. The van der Waals surface area contributed by atoms with Gasteiger partial charge in [-0.05, 0) is 73.2 Å². The van der Waals surface area contributed by atoms with Crippen molar-refractivity contribution in [3.8, 4) is 22.9 Å².